The maximum atomic E-state index is 6.60. The van der Waals surface area contributed by atoms with Gasteiger partial charge in [-0.25, -0.2) is 9.36 Å². The third kappa shape index (κ3) is 5.38. The van der Waals surface area contributed by atoms with E-state index in [9.17, 15) is 0 Å². The molecule has 12 nitrogen and oxygen atoms in total. The van der Waals surface area contributed by atoms with Gasteiger partial charge in [-0.2, -0.15) is 19.8 Å². The summed E-state index contributed by atoms with van der Waals surface area (Å²) in [6.45, 7) is 4.97. The fourth-order valence-corrected chi connectivity index (χ4v) is 7.49. The number of hydrogen-bond acceptors (Lipinski definition) is 10. The predicted octanol–water partition coefficient (Wildman–Crippen LogP) is 6.82. The minimum atomic E-state index is 0.393. The maximum absolute atomic E-state index is 6.60. The highest BCUT2D eigenvalue weighted by Crippen LogP contribution is 2.47. The van der Waals surface area contributed by atoms with Crippen LogP contribution in [0.1, 0.15) is 13.8 Å². The van der Waals surface area contributed by atoms with Crippen LogP contribution in [0.3, 0.4) is 0 Å². The molecule has 6 rings (SSSR count). The van der Waals surface area contributed by atoms with E-state index in [1.165, 1.54) is 31.2 Å². The smallest absolute Gasteiger partial charge is 0.209 e. The molecule has 0 saturated carbocycles. The van der Waals surface area contributed by atoms with E-state index in [2.05, 4.69) is 41.0 Å². The first-order chi connectivity index (χ1) is 20.4. The summed E-state index contributed by atoms with van der Waals surface area (Å²) in [6, 6.07) is 10.5. The number of aromatic nitrogens is 12. The summed E-state index contributed by atoms with van der Waals surface area (Å²) < 4.78 is 3.30. The molecule has 0 radical (unpaired) electrons. The van der Waals surface area contributed by atoms with Gasteiger partial charge >= 0.3 is 0 Å². The lowest BCUT2D eigenvalue weighted by Gasteiger charge is -2.13. The Hall–Kier alpha value is -3.14. The number of tetrazole rings is 2. The Bertz CT molecular complexity index is 1720. The van der Waals surface area contributed by atoms with E-state index >= 15 is 0 Å². The zero-order chi connectivity index (χ0) is 29.4. The van der Waals surface area contributed by atoms with Gasteiger partial charge in [0.2, 0.25) is 11.6 Å². The Labute approximate surface area is 266 Å². The van der Waals surface area contributed by atoms with Gasteiger partial charge < -0.3 is 0 Å². The first-order valence-corrected chi connectivity index (χ1v) is 16.0. The molecule has 4 heterocycles. The molecule has 18 heteroatoms. The molecule has 4 aromatic heterocycles. The van der Waals surface area contributed by atoms with Crippen molar-refractivity contribution in [2.24, 2.45) is 0 Å². The lowest BCUT2D eigenvalue weighted by atomic mass is 10.3. The lowest BCUT2D eigenvalue weighted by Crippen LogP contribution is -2.02. The van der Waals surface area contributed by atoms with Gasteiger partial charge in [-0.3, -0.25) is 0 Å². The molecule has 0 saturated heterocycles. The highest BCUT2D eigenvalue weighted by molar-refractivity contribution is 8.76. The van der Waals surface area contributed by atoms with E-state index in [1.807, 2.05) is 13.8 Å². The summed E-state index contributed by atoms with van der Waals surface area (Å²) in [7, 11) is 2.71. The molecule has 0 aliphatic heterocycles. The molecule has 0 fully saturated rings. The van der Waals surface area contributed by atoms with Crippen LogP contribution in [0.15, 0.2) is 58.8 Å². The van der Waals surface area contributed by atoms with E-state index in [0.717, 1.165) is 0 Å². The fourth-order valence-electron chi connectivity index (χ4n) is 3.89. The molecular formula is C24H18Cl4N12S2. The van der Waals surface area contributed by atoms with Crippen molar-refractivity contribution in [3.05, 3.63) is 68.9 Å². The average molecular weight is 680 g/mol. The van der Waals surface area contributed by atoms with Crippen molar-refractivity contribution >= 4 is 68.0 Å². The molecule has 6 aromatic rings. The topological polar surface area (TPSA) is 123 Å². The van der Waals surface area contributed by atoms with Crippen LogP contribution in [-0.4, -0.2) is 60.0 Å². The number of aryl methyl sites for hydroxylation is 2. The predicted molar refractivity (Wildman–Crippen MR) is 164 cm³/mol. The summed E-state index contributed by atoms with van der Waals surface area (Å²) in [4.78, 5) is 2.98. The summed E-state index contributed by atoms with van der Waals surface area (Å²) in [6.07, 6.45) is 3.30. The minimum absolute atomic E-state index is 0.393. The third-order valence-electron chi connectivity index (χ3n) is 5.90. The van der Waals surface area contributed by atoms with Crippen molar-refractivity contribution in [1.29, 1.82) is 0 Å². The van der Waals surface area contributed by atoms with Crippen LogP contribution in [-0.2, 0) is 13.1 Å². The van der Waals surface area contributed by atoms with Gasteiger partial charge in [0.15, 0.2) is 0 Å². The van der Waals surface area contributed by atoms with Gasteiger partial charge in [0, 0.05) is 0 Å². The number of rotatable bonds is 9. The van der Waals surface area contributed by atoms with E-state index in [1.54, 1.807) is 58.2 Å². The van der Waals surface area contributed by atoms with Crippen molar-refractivity contribution in [3.63, 3.8) is 0 Å². The zero-order valence-electron chi connectivity index (χ0n) is 21.7. The Kier molecular flexibility index (Phi) is 8.43. The Morgan fingerprint density at radius 2 is 1.00 bits per heavy atom. The van der Waals surface area contributed by atoms with Crippen molar-refractivity contribution < 1.29 is 0 Å². The molecule has 2 aromatic carbocycles. The summed E-state index contributed by atoms with van der Waals surface area (Å²) >= 11 is 26.4. The number of para-hydroxylation sites is 2. The first-order valence-electron chi connectivity index (χ1n) is 12.3. The number of nitrogens with zero attached hydrogens (tertiary/aromatic N) is 12. The van der Waals surface area contributed by atoms with Crippen molar-refractivity contribution in [2.45, 2.75) is 37.0 Å². The molecule has 0 unspecified atom stereocenters. The van der Waals surface area contributed by atoms with Crippen LogP contribution in [0.4, 0.5) is 0 Å². The summed E-state index contributed by atoms with van der Waals surface area (Å²) in [5.41, 5.74) is 2.27. The standard InChI is InChI=1S/C24H18Cl4N12S2/c1-3-37-33-21(31-35-37)13-11-29-39(19-15(25)7-5-8-16(19)26)23(13)41-42-24-14(22-32-36-38(4-2)34-22)12-30-40(24)20-17(27)9-6-10-18(20)28/h5-12H,3-4H2,1-2H3. The van der Waals surface area contributed by atoms with E-state index in [4.69, 9.17) is 46.4 Å². The number of benzene rings is 2. The Balaban J connectivity index is 1.50. The number of hydrogen-bond donors (Lipinski definition) is 0. The van der Waals surface area contributed by atoms with Crippen LogP contribution >= 0.6 is 68.0 Å². The van der Waals surface area contributed by atoms with E-state index < -0.39 is 0 Å². The van der Waals surface area contributed by atoms with E-state index in [0.29, 0.717) is 77.4 Å². The molecule has 0 aliphatic carbocycles. The van der Waals surface area contributed by atoms with Crippen LogP contribution < -0.4 is 0 Å². The van der Waals surface area contributed by atoms with Crippen LogP contribution in [0.25, 0.3) is 34.2 Å². The normalized spacial score (nSPS) is 11.5. The first kappa shape index (κ1) is 29.0. The van der Waals surface area contributed by atoms with Gasteiger partial charge in [0.25, 0.3) is 0 Å². The molecule has 0 amide bonds. The molecule has 0 aliphatic rings. The molecule has 0 spiro atoms. The summed E-state index contributed by atoms with van der Waals surface area (Å²) in [5, 5.41) is 37.9. The van der Waals surface area contributed by atoms with Crippen LogP contribution in [0.5, 0.6) is 0 Å². The van der Waals surface area contributed by atoms with Gasteiger partial charge in [0.1, 0.15) is 21.4 Å². The zero-order valence-corrected chi connectivity index (χ0v) is 26.4. The molecular weight excluding hydrogens is 662 g/mol. The molecule has 0 N–H and O–H groups in total. The molecule has 214 valence electrons. The van der Waals surface area contributed by atoms with Crippen molar-refractivity contribution in [3.8, 4) is 34.2 Å². The Morgan fingerprint density at radius 3 is 1.33 bits per heavy atom. The second-order valence-electron chi connectivity index (χ2n) is 8.46. The second kappa shape index (κ2) is 12.2. The van der Waals surface area contributed by atoms with Crippen LogP contribution in [0, 0.1) is 0 Å². The maximum Gasteiger partial charge on any atom is 0.209 e. The molecule has 42 heavy (non-hydrogen) atoms. The minimum Gasteiger partial charge on any atom is -0.223 e. The monoisotopic (exact) mass is 678 g/mol. The second-order valence-corrected chi connectivity index (χ2v) is 12.2. The highest BCUT2D eigenvalue weighted by atomic mass is 35.5. The van der Waals surface area contributed by atoms with Gasteiger partial charge in [0.05, 0.1) is 56.7 Å². The largest absolute Gasteiger partial charge is 0.223 e. The van der Waals surface area contributed by atoms with Gasteiger partial charge in [-0.15, -0.1) is 20.4 Å². The summed E-state index contributed by atoms with van der Waals surface area (Å²) in [5.74, 6) is 0.787. The van der Waals surface area contributed by atoms with E-state index in [-0.39, 0.29) is 0 Å². The Morgan fingerprint density at radius 1 is 0.619 bits per heavy atom. The van der Waals surface area contributed by atoms with Gasteiger partial charge in [-0.05, 0) is 70.1 Å². The SMILES string of the molecule is CCn1nnc(-c2cnn(-c3c(Cl)cccc3Cl)c2SSc2c(-c3nnn(CC)n3)cnn2-c2c(Cl)cccc2Cl)n1. The average Bonchev–Trinajstić information content (AvgIpc) is 3.78. The van der Waals surface area contributed by atoms with Crippen molar-refractivity contribution in [2.75, 3.05) is 0 Å². The number of halogens is 4. The third-order valence-corrected chi connectivity index (χ3v) is 9.50. The quantitative estimate of drug-likeness (QED) is 0.150. The lowest BCUT2D eigenvalue weighted by molar-refractivity contribution is 0.552. The fraction of sp³-hybridized carbons (Fsp3) is 0.167. The molecule has 0 bridgehead atoms. The molecule has 0 atom stereocenters. The highest BCUT2D eigenvalue weighted by Gasteiger charge is 2.26. The van der Waals surface area contributed by atoms with Crippen molar-refractivity contribution in [1.82, 2.24) is 60.0 Å². The van der Waals surface area contributed by atoms with Crippen LogP contribution in [0.2, 0.25) is 20.1 Å². The van der Waals surface area contributed by atoms with Gasteiger partial charge in [-0.1, -0.05) is 58.5 Å².